The van der Waals surface area contributed by atoms with Gasteiger partial charge in [-0.2, -0.15) is 0 Å². The molecule has 2 saturated heterocycles. The van der Waals surface area contributed by atoms with Gasteiger partial charge in [0.25, 0.3) is 0 Å². The Labute approximate surface area is 190 Å². The Bertz CT molecular complexity index is 1050. The van der Waals surface area contributed by atoms with Gasteiger partial charge < -0.3 is 14.4 Å². The number of aromatic nitrogens is 2. The lowest BCUT2D eigenvalue weighted by Gasteiger charge is -2.38. The van der Waals surface area contributed by atoms with E-state index in [4.69, 9.17) is 4.98 Å². The molecule has 5 rings (SSSR count). The summed E-state index contributed by atoms with van der Waals surface area (Å²) in [7, 11) is 0. The second kappa shape index (κ2) is 9.33. The van der Waals surface area contributed by atoms with Crippen molar-refractivity contribution in [2.45, 2.75) is 26.3 Å². The van der Waals surface area contributed by atoms with Crippen LogP contribution in [0.3, 0.4) is 0 Å². The van der Waals surface area contributed by atoms with Crippen LogP contribution >= 0.6 is 0 Å². The number of carbonyl (C=O) groups is 1. The molecule has 6 heteroatoms. The number of rotatable bonds is 5. The molecule has 2 fully saturated rings. The smallest absolute Gasteiger partial charge is 0.236 e. The van der Waals surface area contributed by atoms with Gasteiger partial charge in [-0.25, -0.2) is 4.98 Å². The fourth-order valence-corrected chi connectivity index (χ4v) is 5.16. The van der Waals surface area contributed by atoms with Crippen molar-refractivity contribution in [2.24, 2.45) is 5.92 Å². The van der Waals surface area contributed by atoms with Crippen LogP contribution in [0, 0.1) is 12.8 Å². The molecule has 0 saturated carbocycles. The normalized spacial score (nSPS) is 18.4. The van der Waals surface area contributed by atoms with Gasteiger partial charge >= 0.3 is 0 Å². The van der Waals surface area contributed by atoms with Gasteiger partial charge in [-0.3, -0.25) is 9.69 Å². The maximum absolute atomic E-state index is 12.9. The first-order valence-electron chi connectivity index (χ1n) is 11.9. The summed E-state index contributed by atoms with van der Waals surface area (Å²) in [5, 5.41) is 0. The van der Waals surface area contributed by atoms with E-state index >= 15 is 0 Å². The number of aryl methyl sites for hydroxylation is 1. The highest BCUT2D eigenvalue weighted by Gasteiger charge is 2.26. The number of hydrogen-bond acceptors (Lipinski definition) is 4. The summed E-state index contributed by atoms with van der Waals surface area (Å²) < 4.78 is 2.37. The van der Waals surface area contributed by atoms with Crippen molar-refractivity contribution in [3.63, 3.8) is 0 Å². The number of para-hydroxylation sites is 3. The highest BCUT2D eigenvalue weighted by Crippen LogP contribution is 2.23. The SMILES string of the molecule is Cc1nc2ccccc2n1CC1CCN(CC(=O)N2CCN(c3ccccc3)CC2)CC1. The number of carbonyl (C=O) groups excluding carboxylic acids is 1. The van der Waals surface area contributed by atoms with E-state index in [1.807, 2.05) is 11.0 Å². The minimum absolute atomic E-state index is 0.285. The number of hydrogen-bond donors (Lipinski definition) is 0. The summed E-state index contributed by atoms with van der Waals surface area (Å²) in [5.74, 6) is 2.03. The number of benzene rings is 2. The van der Waals surface area contributed by atoms with E-state index in [9.17, 15) is 4.79 Å². The van der Waals surface area contributed by atoms with Gasteiger partial charge in [-0.05, 0) is 63.0 Å². The standard InChI is InChI=1S/C26H33N5O/c1-21-27-24-9-5-6-10-25(24)31(21)19-22-11-13-28(14-12-22)20-26(32)30-17-15-29(16-18-30)23-7-3-2-4-8-23/h2-10,22H,11-20H2,1H3. The molecule has 0 N–H and O–H groups in total. The number of piperazine rings is 1. The number of fused-ring (bicyclic) bond motifs is 1. The Balaban J connectivity index is 1.09. The second-order valence-corrected chi connectivity index (χ2v) is 9.18. The molecule has 1 aromatic heterocycles. The van der Waals surface area contributed by atoms with Gasteiger partial charge in [-0.1, -0.05) is 30.3 Å². The molecule has 2 aliphatic rings. The van der Waals surface area contributed by atoms with Gasteiger partial charge in [0.2, 0.25) is 5.91 Å². The van der Waals surface area contributed by atoms with Crippen LogP contribution in [0.5, 0.6) is 0 Å². The third kappa shape index (κ3) is 4.51. The molecule has 2 aliphatic heterocycles. The van der Waals surface area contributed by atoms with Gasteiger partial charge in [0.05, 0.1) is 17.6 Å². The first-order valence-corrected chi connectivity index (χ1v) is 11.9. The average Bonchev–Trinajstić information content (AvgIpc) is 3.16. The van der Waals surface area contributed by atoms with Gasteiger partial charge in [-0.15, -0.1) is 0 Å². The maximum atomic E-state index is 12.9. The average molecular weight is 432 g/mol. The van der Waals surface area contributed by atoms with E-state index in [0.717, 1.165) is 70.0 Å². The van der Waals surface area contributed by atoms with E-state index in [1.54, 1.807) is 0 Å². The van der Waals surface area contributed by atoms with Crippen LogP contribution in [0.2, 0.25) is 0 Å². The molecular weight excluding hydrogens is 398 g/mol. The van der Waals surface area contributed by atoms with Crippen LogP contribution in [0.25, 0.3) is 11.0 Å². The van der Waals surface area contributed by atoms with Crippen LogP contribution < -0.4 is 4.90 Å². The molecule has 0 atom stereocenters. The zero-order chi connectivity index (χ0) is 21.9. The quantitative estimate of drug-likeness (QED) is 0.621. The van der Waals surface area contributed by atoms with Gasteiger partial charge in [0.1, 0.15) is 5.82 Å². The van der Waals surface area contributed by atoms with E-state index in [0.29, 0.717) is 12.5 Å². The Morgan fingerprint density at radius 3 is 2.34 bits per heavy atom. The van der Waals surface area contributed by atoms with Crippen molar-refractivity contribution in [1.82, 2.24) is 19.4 Å². The Morgan fingerprint density at radius 2 is 1.59 bits per heavy atom. The summed E-state index contributed by atoms with van der Waals surface area (Å²) in [5.41, 5.74) is 3.57. The lowest BCUT2D eigenvalue weighted by atomic mass is 9.96. The molecular formula is C26H33N5O. The third-order valence-corrected chi connectivity index (χ3v) is 7.11. The number of imidazole rings is 1. The van der Waals surface area contributed by atoms with Crippen molar-refractivity contribution in [1.29, 1.82) is 0 Å². The number of amides is 1. The zero-order valence-corrected chi connectivity index (χ0v) is 19.0. The Hall–Kier alpha value is -2.86. The molecule has 0 spiro atoms. The lowest BCUT2D eigenvalue weighted by molar-refractivity contribution is -0.133. The van der Waals surface area contributed by atoms with Crippen molar-refractivity contribution in [2.75, 3.05) is 50.7 Å². The summed E-state index contributed by atoms with van der Waals surface area (Å²) in [6.07, 6.45) is 2.28. The van der Waals surface area contributed by atoms with E-state index in [1.165, 1.54) is 11.2 Å². The maximum Gasteiger partial charge on any atom is 0.236 e. The molecule has 0 unspecified atom stereocenters. The van der Waals surface area contributed by atoms with Crippen LogP contribution in [-0.4, -0.2) is 71.1 Å². The van der Waals surface area contributed by atoms with Crippen LogP contribution in [0.4, 0.5) is 5.69 Å². The monoisotopic (exact) mass is 431 g/mol. The first-order chi connectivity index (χ1) is 15.7. The van der Waals surface area contributed by atoms with E-state index in [-0.39, 0.29) is 5.91 Å². The number of anilines is 1. The summed E-state index contributed by atoms with van der Waals surface area (Å²) >= 11 is 0. The van der Waals surface area contributed by atoms with Crippen molar-refractivity contribution < 1.29 is 4.79 Å². The highest BCUT2D eigenvalue weighted by atomic mass is 16.2. The molecule has 0 bridgehead atoms. The Kier molecular flexibility index (Phi) is 6.12. The first kappa shape index (κ1) is 21.0. The summed E-state index contributed by atoms with van der Waals surface area (Å²) in [6.45, 7) is 9.16. The molecule has 3 heterocycles. The number of likely N-dealkylation sites (tertiary alicyclic amines) is 1. The van der Waals surface area contributed by atoms with Crippen molar-refractivity contribution in [3.8, 4) is 0 Å². The largest absolute Gasteiger partial charge is 0.368 e. The Morgan fingerprint density at radius 1 is 0.906 bits per heavy atom. The molecule has 3 aromatic rings. The minimum Gasteiger partial charge on any atom is -0.368 e. The second-order valence-electron chi connectivity index (χ2n) is 9.18. The molecule has 0 radical (unpaired) electrons. The third-order valence-electron chi connectivity index (χ3n) is 7.11. The predicted molar refractivity (Wildman–Crippen MR) is 129 cm³/mol. The van der Waals surface area contributed by atoms with Crippen molar-refractivity contribution >= 4 is 22.6 Å². The summed E-state index contributed by atoms with van der Waals surface area (Å²) in [6, 6.07) is 18.9. The fraction of sp³-hybridized carbons (Fsp3) is 0.462. The lowest BCUT2D eigenvalue weighted by Crippen LogP contribution is -2.52. The molecule has 0 aliphatic carbocycles. The van der Waals surface area contributed by atoms with Gasteiger partial charge in [0.15, 0.2) is 0 Å². The molecule has 2 aromatic carbocycles. The zero-order valence-electron chi connectivity index (χ0n) is 19.0. The topological polar surface area (TPSA) is 44.6 Å². The number of nitrogens with zero attached hydrogens (tertiary/aromatic N) is 5. The highest BCUT2D eigenvalue weighted by molar-refractivity contribution is 5.78. The van der Waals surface area contributed by atoms with Crippen LogP contribution in [0.15, 0.2) is 54.6 Å². The van der Waals surface area contributed by atoms with Crippen LogP contribution in [-0.2, 0) is 11.3 Å². The molecule has 32 heavy (non-hydrogen) atoms. The van der Waals surface area contributed by atoms with E-state index < -0.39 is 0 Å². The van der Waals surface area contributed by atoms with Crippen LogP contribution in [0.1, 0.15) is 18.7 Å². The molecule has 6 nitrogen and oxygen atoms in total. The molecule has 1 amide bonds. The fourth-order valence-electron chi connectivity index (χ4n) is 5.16. The van der Waals surface area contributed by atoms with Crippen molar-refractivity contribution in [3.05, 3.63) is 60.4 Å². The minimum atomic E-state index is 0.285. The number of piperidine rings is 1. The summed E-state index contributed by atoms with van der Waals surface area (Å²) in [4.78, 5) is 24.4. The predicted octanol–water partition coefficient (Wildman–Crippen LogP) is 3.41. The van der Waals surface area contributed by atoms with E-state index in [2.05, 4.69) is 69.8 Å². The van der Waals surface area contributed by atoms with Gasteiger partial charge in [0, 0.05) is 38.4 Å². The molecule has 168 valence electrons.